The SMILES string of the molecule is CCCC(N)CC(=O)N(C)C(C)c1ccccc1. The van der Waals surface area contributed by atoms with Crippen LogP contribution in [0.3, 0.4) is 0 Å². The van der Waals surface area contributed by atoms with Gasteiger partial charge >= 0.3 is 0 Å². The lowest BCUT2D eigenvalue weighted by molar-refractivity contribution is -0.132. The Bertz CT molecular complexity index is 364. The lowest BCUT2D eigenvalue weighted by atomic mass is 10.1. The zero-order valence-corrected chi connectivity index (χ0v) is 11.6. The predicted molar refractivity (Wildman–Crippen MR) is 75.1 cm³/mol. The van der Waals surface area contributed by atoms with Gasteiger partial charge in [0.1, 0.15) is 0 Å². The van der Waals surface area contributed by atoms with Crippen molar-refractivity contribution in [3.8, 4) is 0 Å². The van der Waals surface area contributed by atoms with Crippen LogP contribution in [0.15, 0.2) is 30.3 Å². The molecule has 3 nitrogen and oxygen atoms in total. The molecule has 1 aromatic rings. The molecule has 1 aromatic carbocycles. The van der Waals surface area contributed by atoms with Crippen molar-refractivity contribution in [2.24, 2.45) is 5.73 Å². The van der Waals surface area contributed by atoms with Crippen molar-refractivity contribution in [2.45, 2.75) is 45.2 Å². The summed E-state index contributed by atoms with van der Waals surface area (Å²) in [6.07, 6.45) is 2.35. The second kappa shape index (κ2) is 7.17. The van der Waals surface area contributed by atoms with Crippen LogP contribution < -0.4 is 5.73 Å². The first kappa shape index (κ1) is 14.7. The molecule has 1 amide bonds. The molecule has 2 atom stereocenters. The van der Waals surface area contributed by atoms with E-state index in [-0.39, 0.29) is 18.0 Å². The fourth-order valence-electron chi connectivity index (χ4n) is 2.01. The summed E-state index contributed by atoms with van der Waals surface area (Å²) in [6, 6.07) is 10.1. The molecular weight excluding hydrogens is 224 g/mol. The summed E-state index contributed by atoms with van der Waals surface area (Å²) in [7, 11) is 1.85. The summed E-state index contributed by atoms with van der Waals surface area (Å²) in [5, 5.41) is 0. The highest BCUT2D eigenvalue weighted by atomic mass is 16.2. The highest BCUT2D eigenvalue weighted by molar-refractivity contribution is 5.77. The Morgan fingerprint density at radius 3 is 2.50 bits per heavy atom. The summed E-state index contributed by atoms with van der Waals surface area (Å²) in [6.45, 7) is 4.12. The third-order valence-electron chi connectivity index (χ3n) is 3.35. The molecule has 0 fully saturated rings. The van der Waals surface area contributed by atoms with E-state index >= 15 is 0 Å². The zero-order chi connectivity index (χ0) is 13.5. The Hall–Kier alpha value is -1.35. The molecule has 0 saturated carbocycles. The standard InChI is InChI=1S/C15H24N2O/c1-4-8-14(16)11-15(18)17(3)12(2)13-9-6-5-7-10-13/h5-7,9-10,12,14H,4,8,11,16H2,1-3H3. The van der Waals surface area contributed by atoms with Gasteiger partial charge < -0.3 is 10.6 Å². The van der Waals surface area contributed by atoms with Gasteiger partial charge in [0.15, 0.2) is 0 Å². The molecule has 2 unspecified atom stereocenters. The summed E-state index contributed by atoms with van der Waals surface area (Å²) < 4.78 is 0. The number of hydrogen-bond acceptors (Lipinski definition) is 2. The van der Waals surface area contributed by atoms with Crippen LogP contribution >= 0.6 is 0 Å². The summed E-state index contributed by atoms with van der Waals surface area (Å²) >= 11 is 0. The molecule has 2 N–H and O–H groups in total. The Balaban J connectivity index is 2.58. The van der Waals surface area contributed by atoms with Crippen LogP contribution in [0.4, 0.5) is 0 Å². The van der Waals surface area contributed by atoms with Crippen LogP contribution in [0, 0.1) is 0 Å². The largest absolute Gasteiger partial charge is 0.339 e. The van der Waals surface area contributed by atoms with Crippen LogP contribution in [-0.4, -0.2) is 23.9 Å². The molecule has 0 aromatic heterocycles. The molecule has 0 saturated heterocycles. The van der Waals surface area contributed by atoms with Crippen LogP contribution in [-0.2, 0) is 4.79 Å². The molecular formula is C15H24N2O. The maximum atomic E-state index is 12.1. The van der Waals surface area contributed by atoms with Crippen molar-refractivity contribution in [3.05, 3.63) is 35.9 Å². The summed E-state index contributed by atoms with van der Waals surface area (Å²) in [5.74, 6) is 0.118. The van der Waals surface area contributed by atoms with E-state index in [1.807, 2.05) is 44.3 Å². The van der Waals surface area contributed by atoms with Gasteiger partial charge in [0.2, 0.25) is 5.91 Å². The molecule has 0 aliphatic carbocycles. The number of nitrogens with two attached hydrogens (primary N) is 1. The zero-order valence-electron chi connectivity index (χ0n) is 11.6. The van der Waals surface area contributed by atoms with Gasteiger partial charge in [0.25, 0.3) is 0 Å². The van der Waals surface area contributed by atoms with Gasteiger partial charge in [-0.1, -0.05) is 43.7 Å². The van der Waals surface area contributed by atoms with E-state index in [4.69, 9.17) is 5.73 Å². The first-order valence-electron chi connectivity index (χ1n) is 6.62. The Morgan fingerprint density at radius 1 is 1.33 bits per heavy atom. The van der Waals surface area contributed by atoms with Gasteiger partial charge in [-0.2, -0.15) is 0 Å². The van der Waals surface area contributed by atoms with Crippen molar-refractivity contribution in [1.29, 1.82) is 0 Å². The van der Waals surface area contributed by atoms with E-state index in [1.165, 1.54) is 0 Å². The molecule has 0 heterocycles. The van der Waals surface area contributed by atoms with E-state index in [0.29, 0.717) is 6.42 Å². The molecule has 0 bridgehead atoms. The van der Waals surface area contributed by atoms with Crippen LogP contribution in [0.25, 0.3) is 0 Å². The van der Waals surface area contributed by atoms with Crippen molar-refractivity contribution >= 4 is 5.91 Å². The lowest BCUT2D eigenvalue weighted by Crippen LogP contribution is -2.34. The minimum absolute atomic E-state index is 0.0204. The second-order valence-electron chi connectivity index (χ2n) is 4.84. The summed E-state index contributed by atoms with van der Waals surface area (Å²) in [5.41, 5.74) is 7.06. The van der Waals surface area contributed by atoms with E-state index in [0.717, 1.165) is 18.4 Å². The first-order chi connectivity index (χ1) is 8.56. The molecule has 0 radical (unpaired) electrons. The third-order valence-corrected chi connectivity index (χ3v) is 3.35. The molecule has 18 heavy (non-hydrogen) atoms. The van der Waals surface area contributed by atoms with Crippen molar-refractivity contribution < 1.29 is 4.79 Å². The van der Waals surface area contributed by atoms with Crippen molar-refractivity contribution in [2.75, 3.05) is 7.05 Å². The Kier molecular flexibility index (Phi) is 5.86. The molecule has 0 aliphatic rings. The van der Waals surface area contributed by atoms with Gasteiger partial charge in [-0.3, -0.25) is 4.79 Å². The van der Waals surface area contributed by atoms with E-state index in [1.54, 1.807) is 4.90 Å². The van der Waals surface area contributed by atoms with Crippen molar-refractivity contribution in [3.63, 3.8) is 0 Å². The smallest absolute Gasteiger partial charge is 0.224 e. The number of hydrogen-bond donors (Lipinski definition) is 1. The minimum Gasteiger partial charge on any atom is -0.339 e. The number of benzene rings is 1. The van der Waals surface area contributed by atoms with Crippen molar-refractivity contribution in [1.82, 2.24) is 4.90 Å². The van der Waals surface area contributed by atoms with Crippen LogP contribution in [0.5, 0.6) is 0 Å². The number of rotatable bonds is 6. The molecule has 0 aliphatic heterocycles. The number of nitrogens with zero attached hydrogens (tertiary/aromatic N) is 1. The number of amides is 1. The lowest BCUT2D eigenvalue weighted by Gasteiger charge is -2.26. The Morgan fingerprint density at radius 2 is 1.94 bits per heavy atom. The quantitative estimate of drug-likeness (QED) is 0.841. The number of carbonyl (C=O) groups is 1. The van der Waals surface area contributed by atoms with Gasteiger partial charge in [-0.25, -0.2) is 0 Å². The first-order valence-corrected chi connectivity index (χ1v) is 6.62. The van der Waals surface area contributed by atoms with E-state index < -0.39 is 0 Å². The minimum atomic E-state index is -0.0204. The maximum absolute atomic E-state index is 12.1. The van der Waals surface area contributed by atoms with Crippen LogP contribution in [0.2, 0.25) is 0 Å². The van der Waals surface area contributed by atoms with Gasteiger partial charge in [-0.05, 0) is 18.9 Å². The summed E-state index contributed by atoms with van der Waals surface area (Å²) in [4.78, 5) is 13.9. The van der Waals surface area contributed by atoms with Gasteiger partial charge in [0, 0.05) is 19.5 Å². The molecule has 3 heteroatoms. The maximum Gasteiger partial charge on any atom is 0.224 e. The molecule has 100 valence electrons. The average Bonchev–Trinajstić information content (AvgIpc) is 2.38. The highest BCUT2D eigenvalue weighted by Crippen LogP contribution is 2.19. The number of carbonyl (C=O) groups excluding carboxylic acids is 1. The third kappa shape index (κ3) is 4.15. The fourth-order valence-corrected chi connectivity index (χ4v) is 2.01. The fraction of sp³-hybridized carbons (Fsp3) is 0.533. The molecule has 0 spiro atoms. The highest BCUT2D eigenvalue weighted by Gasteiger charge is 2.18. The van der Waals surface area contributed by atoms with E-state index in [2.05, 4.69) is 6.92 Å². The van der Waals surface area contributed by atoms with Crippen LogP contribution in [0.1, 0.15) is 44.7 Å². The van der Waals surface area contributed by atoms with Gasteiger partial charge in [0.05, 0.1) is 6.04 Å². The second-order valence-corrected chi connectivity index (χ2v) is 4.84. The predicted octanol–water partition coefficient (Wildman–Crippen LogP) is 2.72. The monoisotopic (exact) mass is 248 g/mol. The Labute approximate surface area is 110 Å². The molecule has 1 rings (SSSR count). The van der Waals surface area contributed by atoms with E-state index in [9.17, 15) is 4.79 Å². The average molecular weight is 248 g/mol. The normalized spacial score (nSPS) is 14.0. The topological polar surface area (TPSA) is 46.3 Å². The van der Waals surface area contributed by atoms with Gasteiger partial charge in [-0.15, -0.1) is 0 Å².